The Morgan fingerprint density at radius 1 is 1.30 bits per heavy atom. The second-order valence-corrected chi connectivity index (χ2v) is 7.42. The zero-order chi connectivity index (χ0) is 24.3. The molecule has 172 valence electrons. The first-order chi connectivity index (χ1) is 15.5. The molecule has 2 aromatic heterocycles. The standard InChI is InChI=1S/C21H19F3N6O3/c1-13-17(14(2)29-20(27-13)16(9-25)10-26-29)7-8-19(31)28(12-21(22,23)24)11-15-5-3-4-6-18(15)30(32)33/h3-6,10H,7-8,11-12H2,1-2H3. The summed E-state index contributed by atoms with van der Waals surface area (Å²) < 4.78 is 40.9. The van der Waals surface area contributed by atoms with Gasteiger partial charge in [0.15, 0.2) is 5.65 Å². The summed E-state index contributed by atoms with van der Waals surface area (Å²) in [6.07, 6.45) is -3.49. The number of hydrogen-bond donors (Lipinski definition) is 0. The summed E-state index contributed by atoms with van der Waals surface area (Å²) in [5.74, 6) is -0.803. The lowest BCUT2D eigenvalue weighted by atomic mass is 10.1. The summed E-state index contributed by atoms with van der Waals surface area (Å²) in [5, 5.41) is 24.5. The Kier molecular flexibility index (Phi) is 6.62. The topological polar surface area (TPSA) is 117 Å². The maximum atomic E-state index is 13.2. The minimum absolute atomic E-state index is 0.0103. The van der Waals surface area contributed by atoms with Crippen LogP contribution < -0.4 is 0 Å². The smallest absolute Gasteiger partial charge is 0.329 e. The van der Waals surface area contributed by atoms with Crippen LogP contribution in [0.4, 0.5) is 18.9 Å². The number of aryl methyl sites for hydroxylation is 2. The van der Waals surface area contributed by atoms with E-state index < -0.39 is 30.1 Å². The second-order valence-electron chi connectivity index (χ2n) is 7.42. The molecule has 0 spiro atoms. The fraction of sp³-hybridized carbons (Fsp3) is 0.333. The van der Waals surface area contributed by atoms with Crippen molar-refractivity contribution in [2.75, 3.05) is 6.54 Å². The molecule has 0 fully saturated rings. The molecular formula is C21H19F3N6O3. The van der Waals surface area contributed by atoms with E-state index in [1.165, 1.54) is 35.0 Å². The third-order valence-electron chi connectivity index (χ3n) is 5.19. The molecule has 0 saturated heterocycles. The molecule has 0 radical (unpaired) electrons. The van der Waals surface area contributed by atoms with E-state index >= 15 is 0 Å². The summed E-state index contributed by atoms with van der Waals surface area (Å²) in [6, 6.07) is 7.36. The summed E-state index contributed by atoms with van der Waals surface area (Å²) in [5.41, 5.74) is 2.07. The number of nitro groups is 1. The quantitative estimate of drug-likeness (QED) is 0.392. The Bertz CT molecular complexity index is 1260. The van der Waals surface area contributed by atoms with Gasteiger partial charge in [0.2, 0.25) is 5.91 Å². The molecule has 1 amide bonds. The molecule has 12 heteroatoms. The van der Waals surface area contributed by atoms with E-state index in [4.69, 9.17) is 5.26 Å². The van der Waals surface area contributed by atoms with Crippen LogP contribution in [0, 0.1) is 35.3 Å². The Labute approximate surface area is 186 Å². The molecular weight excluding hydrogens is 441 g/mol. The van der Waals surface area contributed by atoms with Crippen LogP contribution in [0.5, 0.6) is 0 Å². The minimum Gasteiger partial charge on any atom is -0.329 e. The van der Waals surface area contributed by atoms with E-state index in [1.807, 2.05) is 6.07 Å². The average molecular weight is 460 g/mol. The SMILES string of the molecule is Cc1nc2c(C#N)cnn2c(C)c1CCC(=O)N(Cc1ccccc1[N+](=O)[O-])CC(F)(F)F. The molecule has 0 aliphatic rings. The van der Waals surface area contributed by atoms with Gasteiger partial charge in [0.25, 0.3) is 5.69 Å². The van der Waals surface area contributed by atoms with Crippen molar-refractivity contribution in [3.8, 4) is 6.07 Å². The zero-order valence-electron chi connectivity index (χ0n) is 17.8. The maximum absolute atomic E-state index is 13.2. The number of nitriles is 1. The second kappa shape index (κ2) is 9.23. The van der Waals surface area contributed by atoms with E-state index in [9.17, 15) is 28.1 Å². The first-order valence-corrected chi connectivity index (χ1v) is 9.82. The van der Waals surface area contributed by atoms with Crippen LogP contribution in [0.3, 0.4) is 0 Å². The van der Waals surface area contributed by atoms with Gasteiger partial charge in [0, 0.05) is 29.4 Å². The number of para-hydroxylation sites is 1. The Hall–Kier alpha value is -4.01. The van der Waals surface area contributed by atoms with Crippen molar-refractivity contribution in [3.05, 3.63) is 68.7 Å². The molecule has 3 aromatic rings. The van der Waals surface area contributed by atoms with E-state index in [0.29, 0.717) is 27.5 Å². The Morgan fingerprint density at radius 2 is 2.00 bits per heavy atom. The van der Waals surface area contributed by atoms with Crippen molar-refractivity contribution in [2.45, 2.75) is 39.4 Å². The third-order valence-corrected chi connectivity index (χ3v) is 5.19. The lowest BCUT2D eigenvalue weighted by Crippen LogP contribution is -2.38. The van der Waals surface area contributed by atoms with Gasteiger partial charge >= 0.3 is 6.18 Å². The molecule has 2 heterocycles. The average Bonchev–Trinajstić information content (AvgIpc) is 3.15. The van der Waals surface area contributed by atoms with Gasteiger partial charge < -0.3 is 4.90 Å². The van der Waals surface area contributed by atoms with Crippen LogP contribution in [-0.4, -0.2) is 43.0 Å². The first kappa shape index (κ1) is 23.6. The van der Waals surface area contributed by atoms with Crippen molar-refractivity contribution in [1.82, 2.24) is 19.5 Å². The summed E-state index contributed by atoms with van der Waals surface area (Å²) in [7, 11) is 0. The minimum atomic E-state index is -4.67. The van der Waals surface area contributed by atoms with Gasteiger partial charge in [-0.3, -0.25) is 14.9 Å². The number of carbonyl (C=O) groups excluding carboxylic acids is 1. The molecule has 33 heavy (non-hydrogen) atoms. The fourth-order valence-corrected chi connectivity index (χ4v) is 3.62. The molecule has 9 nitrogen and oxygen atoms in total. The first-order valence-electron chi connectivity index (χ1n) is 9.82. The third kappa shape index (κ3) is 5.25. The van der Waals surface area contributed by atoms with Gasteiger partial charge in [0.1, 0.15) is 18.2 Å². The van der Waals surface area contributed by atoms with Crippen LogP contribution in [0.25, 0.3) is 5.65 Å². The highest BCUT2D eigenvalue weighted by Gasteiger charge is 2.34. The Morgan fingerprint density at radius 3 is 2.64 bits per heavy atom. The van der Waals surface area contributed by atoms with Crippen LogP contribution in [0.15, 0.2) is 30.5 Å². The number of nitrogens with zero attached hydrogens (tertiary/aromatic N) is 6. The van der Waals surface area contributed by atoms with E-state index in [2.05, 4.69) is 10.1 Å². The van der Waals surface area contributed by atoms with Gasteiger partial charge in [0.05, 0.1) is 17.7 Å². The summed E-state index contributed by atoms with van der Waals surface area (Å²) in [4.78, 5) is 28.2. The zero-order valence-corrected chi connectivity index (χ0v) is 17.8. The van der Waals surface area contributed by atoms with E-state index in [1.54, 1.807) is 13.8 Å². The van der Waals surface area contributed by atoms with Gasteiger partial charge in [-0.2, -0.15) is 23.5 Å². The number of benzene rings is 1. The molecule has 1 aromatic carbocycles. The van der Waals surface area contributed by atoms with Gasteiger partial charge in [-0.15, -0.1) is 0 Å². The number of hydrogen-bond acceptors (Lipinski definition) is 6. The largest absolute Gasteiger partial charge is 0.406 e. The van der Waals surface area contributed by atoms with Gasteiger partial charge in [-0.25, -0.2) is 9.50 Å². The van der Waals surface area contributed by atoms with Gasteiger partial charge in [-0.05, 0) is 25.8 Å². The van der Waals surface area contributed by atoms with Crippen LogP contribution in [0.1, 0.15) is 34.5 Å². The van der Waals surface area contributed by atoms with E-state index in [-0.39, 0.29) is 29.7 Å². The monoisotopic (exact) mass is 460 g/mol. The number of rotatable bonds is 7. The van der Waals surface area contributed by atoms with Crippen LogP contribution in [-0.2, 0) is 17.8 Å². The molecule has 0 saturated carbocycles. The number of nitro benzene ring substituents is 1. The highest BCUT2D eigenvalue weighted by molar-refractivity contribution is 5.77. The van der Waals surface area contributed by atoms with Crippen molar-refractivity contribution in [2.24, 2.45) is 0 Å². The van der Waals surface area contributed by atoms with Crippen molar-refractivity contribution >= 4 is 17.2 Å². The van der Waals surface area contributed by atoms with Crippen molar-refractivity contribution in [3.63, 3.8) is 0 Å². The lowest BCUT2D eigenvalue weighted by molar-refractivity contribution is -0.385. The van der Waals surface area contributed by atoms with Crippen molar-refractivity contribution < 1.29 is 22.9 Å². The van der Waals surface area contributed by atoms with Crippen molar-refractivity contribution in [1.29, 1.82) is 5.26 Å². The number of carbonyl (C=O) groups is 1. The molecule has 0 aliphatic heterocycles. The summed E-state index contributed by atoms with van der Waals surface area (Å²) in [6.45, 7) is 1.32. The number of aromatic nitrogens is 3. The normalized spacial score (nSPS) is 11.4. The molecule has 0 unspecified atom stereocenters. The fourth-order valence-electron chi connectivity index (χ4n) is 3.62. The predicted molar refractivity (Wildman–Crippen MR) is 110 cm³/mol. The number of amides is 1. The number of fused-ring (bicyclic) bond motifs is 1. The highest BCUT2D eigenvalue weighted by atomic mass is 19.4. The van der Waals surface area contributed by atoms with Gasteiger partial charge in [-0.1, -0.05) is 18.2 Å². The number of halogens is 3. The Balaban J connectivity index is 1.85. The summed E-state index contributed by atoms with van der Waals surface area (Å²) >= 11 is 0. The molecule has 0 aliphatic carbocycles. The maximum Gasteiger partial charge on any atom is 0.406 e. The van der Waals surface area contributed by atoms with Crippen LogP contribution in [0.2, 0.25) is 0 Å². The number of alkyl halides is 3. The predicted octanol–water partition coefficient (Wildman–Crippen LogP) is 3.65. The molecule has 0 bridgehead atoms. The van der Waals surface area contributed by atoms with Crippen LogP contribution >= 0.6 is 0 Å². The highest BCUT2D eigenvalue weighted by Crippen LogP contribution is 2.24. The molecule has 3 rings (SSSR count). The molecule has 0 N–H and O–H groups in total. The molecule has 0 atom stereocenters. The van der Waals surface area contributed by atoms with E-state index in [0.717, 1.165) is 0 Å². The lowest BCUT2D eigenvalue weighted by Gasteiger charge is -2.24.